The van der Waals surface area contributed by atoms with Crippen LogP contribution in [0.2, 0.25) is 0 Å². The van der Waals surface area contributed by atoms with Crippen LogP contribution in [0.4, 0.5) is 10.5 Å². The summed E-state index contributed by atoms with van der Waals surface area (Å²) in [7, 11) is -3.72. The van der Waals surface area contributed by atoms with E-state index in [-0.39, 0.29) is 4.90 Å². The van der Waals surface area contributed by atoms with Gasteiger partial charge in [-0.25, -0.2) is 18.4 Å². The van der Waals surface area contributed by atoms with Gasteiger partial charge in [0.15, 0.2) is 0 Å². The van der Waals surface area contributed by atoms with Crippen LogP contribution in [0.5, 0.6) is 0 Å². The summed E-state index contributed by atoms with van der Waals surface area (Å²) in [5, 5.41) is 10.2. The van der Waals surface area contributed by atoms with Crippen LogP contribution in [0.15, 0.2) is 29.2 Å². The van der Waals surface area contributed by atoms with Gasteiger partial charge >= 0.3 is 6.03 Å². The third-order valence-corrected chi connectivity index (χ3v) is 3.29. The lowest BCUT2D eigenvalue weighted by atomic mass is 10.2. The number of nitrogens with one attached hydrogen (secondary N) is 2. The van der Waals surface area contributed by atoms with E-state index >= 15 is 0 Å². The molecule has 1 aromatic carbocycles. The van der Waals surface area contributed by atoms with Crippen LogP contribution in [0, 0.1) is 31.7 Å². The summed E-state index contributed by atoms with van der Waals surface area (Å²) >= 11 is 0. The number of hydrogen-bond donors (Lipinski definition) is 3. The first kappa shape index (κ1) is 13.8. The van der Waals surface area contributed by atoms with Gasteiger partial charge in [-0.15, -0.1) is 0 Å². The number of benzene rings is 1. The summed E-state index contributed by atoms with van der Waals surface area (Å²) in [5.41, 5.74) is 0.469. The van der Waals surface area contributed by atoms with E-state index in [9.17, 15) is 13.2 Å². The maximum atomic E-state index is 11.6. The zero-order chi connectivity index (χ0) is 13.9. The lowest BCUT2D eigenvalue weighted by Gasteiger charge is -2.11. The maximum Gasteiger partial charge on any atom is 0.319 e. The van der Waals surface area contributed by atoms with Crippen molar-refractivity contribution in [1.82, 2.24) is 5.32 Å². The summed E-state index contributed by atoms with van der Waals surface area (Å²) in [4.78, 5) is 11.6. The molecular weight excluding hydrogens is 266 g/mol. The van der Waals surface area contributed by atoms with E-state index in [1.165, 1.54) is 24.3 Å². The van der Waals surface area contributed by atoms with Gasteiger partial charge in [-0.1, -0.05) is 0 Å². The molecule has 1 saturated carbocycles. The van der Waals surface area contributed by atoms with Crippen molar-refractivity contribution in [2.75, 3.05) is 5.32 Å². The quantitative estimate of drug-likeness (QED) is 0.762. The predicted octanol–water partition coefficient (Wildman–Crippen LogP) is 0.818. The third-order valence-electron chi connectivity index (χ3n) is 2.36. The van der Waals surface area contributed by atoms with Crippen molar-refractivity contribution >= 4 is 21.7 Å². The number of amides is 2. The molecule has 0 saturated heterocycles. The molecule has 0 aliphatic heterocycles. The van der Waals surface area contributed by atoms with Gasteiger partial charge < -0.3 is 10.6 Å². The number of carbonyl (C=O) groups is 1. The molecule has 1 aromatic rings. The van der Waals surface area contributed by atoms with Crippen molar-refractivity contribution in [2.45, 2.75) is 4.90 Å². The molecule has 0 bridgehead atoms. The Bertz CT molecular complexity index is 548. The Balaban J connectivity index is 1.93. The lowest BCUT2D eigenvalue weighted by molar-refractivity contribution is 0.253. The molecule has 0 atom stereocenters. The summed E-state index contributed by atoms with van der Waals surface area (Å²) in [6.07, 6.45) is 7.11. The Morgan fingerprint density at radius 2 is 1.58 bits per heavy atom. The van der Waals surface area contributed by atoms with Crippen molar-refractivity contribution in [3.05, 3.63) is 56.0 Å². The number of primary sulfonamides is 1. The second kappa shape index (κ2) is 5.58. The highest BCUT2D eigenvalue weighted by atomic mass is 32.2. The fraction of sp³-hybridized carbons (Fsp3) is 0. The molecule has 1 fully saturated rings. The van der Waals surface area contributed by atoms with Crippen LogP contribution in [-0.2, 0) is 10.0 Å². The monoisotopic (exact) mass is 278 g/mol. The Morgan fingerprint density at radius 1 is 1.00 bits per heavy atom. The van der Waals surface area contributed by atoms with Crippen molar-refractivity contribution < 1.29 is 13.2 Å². The largest absolute Gasteiger partial charge is 0.329 e. The first-order valence-corrected chi connectivity index (χ1v) is 6.92. The van der Waals surface area contributed by atoms with Gasteiger partial charge in [0.2, 0.25) is 10.0 Å². The van der Waals surface area contributed by atoms with Crippen molar-refractivity contribution in [3.8, 4) is 0 Å². The number of nitrogens with two attached hydrogens (primary N) is 1. The highest BCUT2D eigenvalue weighted by molar-refractivity contribution is 7.89. The smallest absolute Gasteiger partial charge is 0.319 e. The predicted molar refractivity (Wildman–Crippen MR) is 70.4 cm³/mol. The fourth-order valence-electron chi connectivity index (χ4n) is 1.48. The molecule has 4 N–H and O–H groups in total. The van der Waals surface area contributed by atoms with Crippen molar-refractivity contribution in [1.29, 1.82) is 0 Å². The number of rotatable bonds is 3. The number of sulfonamides is 1. The van der Waals surface area contributed by atoms with Crippen LogP contribution in [0.1, 0.15) is 0 Å². The highest BCUT2D eigenvalue weighted by Crippen LogP contribution is 2.20. The molecule has 0 heterocycles. The van der Waals surface area contributed by atoms with Gasteiger partial charge in [0.25, 0.3) is 0 Å². The second-order valence-electron chi connectivity index (χ2n) is 3.82. The molecule has 5 radical (unpaired) electrons. The molecule has 7 heteroatoms. The van der Waals surface area contributed by atoms with Gasteiger partial charge in [0.1, 0.15) is 0 Å². The van der Waals surface area contributed by atoms with Crippen LogP contribution < -0.4 is 15.8 Å². The van der Waals surface area contributed by atoms with E-state index in [1.54, 1.807) is 25.7 Å². The Hall–Kier alpha value is -1.60. The maximum absolute atomic E-state index is 11.6. The minimum atomic E-state index is -3.72. The minimum Gasteiger partial charge on any atom is -0.329 e. The number of urea groups is 1. The molecule has 0 aromatic heterocycles. The zero-order valence-corrected chi connectivity index (χ0v) is 10.6. The van der Waals surface area contributed by atoms with Gasteiger partial charge in [-0.3, -0.25) is 0 Å². The average Bonchev–Trinajstić information content (AvgIpc) is 2.81. The average molecular weight is 278 g/mol. The molecule has 0 spiro atoms. The van der Waals surface area contributed by atoms with Gasteiger partial charge in [-0.05, 0) is 49.9 Å². The second-order valence-corrected chi connectivity index (χ2v) is 5.38. The topological polar surface area (TPSA) is 101 Å². The molecule has 1 aliphatic carbocycles. The van der Waals surface area contributed by atoms with E-state index < -0.39 is 16.1 Å². The van der Waals surface area contributed by atoms with E-state index in [0.717, 1.165) is 0 Å². The molecule has 0 unspecified atom stereocenters. The number of hydrogen-bond acceptors (Lipinski definition) is 3. The normalized spacial score (nSPS) is 16.3. The van der Waals surface area contributed by atoms with Crippen LogP contribution in [0.3, 0.4) is 0 Å². The fourth-order valence-corrected chi connectivity index (χ4v) is 1.99. The summed E-state index contributed by atoms with van der Waals surface area (Å²) in [5.74, 6) is 0. The summed E-state index contributed by atoms with van der Waals surface area (Å²) < 4.78 is 22.1. The van der Waals surface area contributed by atoms with Crippen LogP contribution >= 0.6 is 0 Å². The molecule has 99 valence electrons. The third kappa shape index (κ3) is 3.93. The minimum absolute atomic E-state index is 0.00510. The van der Waals surface area contributed by atoms with E-state index in [0.29, 0.717) is 11.7 Å². The van der Waals surface area contributed by atoms with Crippen LogP contribution in [-0.4, -0.2) is 14.4 Å². The molecule has 2 amide bonds. The van der Waals surface area contributed by atoms with E-state index in [4.69, 9.17) is 5.14 Å². The zero-order valence-electron chi connectivity index (χ0n) is 9.83. The Labute approximate surface area is 112 Å². The van der Waals surface area contributed by atoms with Crippen molar-refractivity contribution in [2.24, 2.45) is 5.14 Å². The highest BCUT2D eigenvalue weighted by Gasteiger charge is 2.19. The number of anilines is 1. The SMILES string of the molecule is NS(=O)(=O)c1ccc(NC(=O)N[C]2[CH][CH][CH][CH]2)cc1. The van der Waals surface area contributed by atoms with E-state index in [1.807, 2.05) is 0 Å². The summed E-state index contributed by atoms with van der Waals surface area (Å²) in [6.45, 7) is 0. The summed E-state index contributed by atoms with van der Waals surface area (Å²) in [6, 6.07) is 5.85. The molecule has 19 heavy (non-hydrogen) atoms. The lowest BCUT2D eigenvalue weighted by Crippen LogP contribution is -2.31. The molecule has 6 nitrogen and oxygen atoms in total. The van der Waals surface area contributed by atoms with Gasteiger partial charge in [0, 0.05) is 5.69 Å². The van der Waals surface area contributed by atoms with E-state index in [2.05, 4.69) is 10.6 Å². The number of carbonyl (C=O) groups excluding carboxylic acids is 1. The molecule has 2 rings (SSSR count). The van der Waals surface area contributed by atoms with Gasteiger partial charge in [-0.2, -0.15) is 0 Å². The first-order valence-electron chi connectivity index (χ1n) is 5.38. The molecule has 1 aliphatic rings. The van der Waals surface area contributed by atoms with Crippen molar-refractivity contribution in [3.63, 3.8) is 0 Å². The standard InChI is InChI=1S/C12H12N3O3S/c13-19(17,18)11-7-5-10(6-8-11)15-12(16)14-9-3-1-2-4-9/h1-8H,(H2,13,17,18)(H2,14,15,16). The van der Waals surface area contributed by atoms with Gasteiger partial charge in [0.05, 0.1) is 10.9 Å². The van der Waals surface area contributed by atoms with Crippen LogP contribution in [0.25, 0.3) is 0 Å². The Kier molecular flexibility index (Phi) is 4.06. The molecular formula is C12H12N3O3S. The Morgan fingerprint density at radius 3 is 2.11 bits per heavy atom. The first-order chi connectivity index (χ1) is 8.95.